The largest absolute Gasteiger partial charge is 0.460 e. The van der Waals surface area contributed by atoms with Crippen LogP contribution in [0.4, 0.5) is 4.39 Å². The summed E-state index contributed by atoms with van der Waals surface area (Å²) in [6.07, 6.45) is -1.10. The molecule has 2 N–H and O–H groups in total. The van der Waals surface area contributed by atoms with Gasteiger partial charge >= 0.3 is 0 Å². The molecule has 2 aromatic rings. The van der Waals surface area contributed by atoms with Crippen molar-refractivity contribution < 1.29 is 18.1 Å². The number of ether oxygens (including phenoxy) is 1. The minimum atomic E-state index is -1.10. The molecule has 0 aliphatic carbocycles. The first-order valence-corrected chi connectivity index (χ1v) is 8.34. The van der Waals surface area contributed by atoms with Gasteiger partial charge in [0.25, 0.3) is 0 Å². The van der Waals surface area contributed by atoms with Crippen LogP contribution in [0, 0.1) is 5.82 Å². The normalized spacial score (nSPS) is 17.1. The number of hydrogen-bond acceptors (Lipinski definition) is 5. The monoisotopic (exact) mass is 365 g/mol. The number of ketones is 1. The molecule has 0 saturated heterocycles. The van der Waals surface area contributed by atoms with Gasteiger partial charge in [0.05, 0.1) is 17.8 Å². The number of hydrogen-bond donors (Lipinski definition) is 1. The second-order valence-electron chi connectivity index (χ2n) is 5.05. The molecule has 0 fully saturated rings. The molecular weight excluding hydrogens is 353 g/mol. The molecule has 0 amide bonds. The zero-order valence-corrected chi connectivity index (χ0v) is 13.9. The minimum Gasteiger partial charge on any atom is -0.460 e. The second kappa shape index (κ2) is 7.15. The molecule has 124 valence electrons. The summed E-state index contributed by atoms with van der Waals surface area (Å²) in [5.74, 6) is -0.680. The smallest absolute Gasteiger partial charge is 0.249 e. The summed E-state index contributed by atoms with van der Waals surface area (Å²) < 4.78 is 24.1. The van der Waals surface area contributed by atoms with Crippen molar-refractivity contribution in [3.63, 3.8) is 0 Å². The molecule has 1 heterocycles. The van der Waals surface area contributed by atoms with Crippen LogP contribution in [0.1, 0.15) is 17.2 Å². The van der Waals surface area contributed by atoms with Gasteiger partial charge in [0.15, 0.2) is 6.10 Å². The van der Waals surface area contributed by atoms with E-state index in [0.29, 0.717) is 5.75 Å². The SMILES string of the molecule is NC1=C(OSCc2ccccc2)C(=O)C(c2cc(F)ccc2Cl)O1. The summed E-state index contributed by atoms with van der Waals surface area (Å²) >= 11 is 7.09. The lowest BCUT2D eigenvalue weighted by molar-refractivity contribution is -0.122. The van der Waals surface area contributed by atoms with Crippen LogP contribution in [-0.4, -0.2) is 5.78 Å². The van der Waals surface area contributed by atoms with E-state index in [4.69, 9.17) is 26.3 Å². The van der Waals surface area contributed by atoms with Gasteiger partial charge in [0.2, 0.25) is 17.4 Å². The van der Waals surface area contributed by atoms with Gasteiger partial charge in [-0.15, -0.1) is 0 Å². The Labute approximate surface area is 147 Å². The Morgan fingerprint density at radius 3 is 2.75 bits per heavy atom. The van der Waals surface area contributed by atoms with Crippen LogP contribution in [0.15, 0.2) is 60.2 Å². The molecule has 24 heavy (non-hydrogen) atoms. The second-order valence-corrected chi connectivity index (χ2v) is 6.15. The first-order chi connectivity index (χ1) is 11.6. The third-order valence-electron chi connectivity index (χ3n) is 3.38. The zero-order chi connectivity index (χ0) is 17.1. The van der Waals surface area contributed by atoms with E-state index in [-0.39, 0.29) is 22.2 Å². The van der Waals surface area contributed by atoms with Crippen molar-refractivity contribution >= 4 is 29.4 Å². The van der Waals surface area contributed by atoms with Gasteiger partial charge in [-0.2, -0.15) is 0 Å². The number of benzene rings is 2. The highest BCUT2D eigenvalue weighted by atomic mass is 35.5. The third kappa shape index (κ3) is 3.49. The summed E-state index contributed by atoms with van der Waals surface area (Å²) in [4.78, 5) is 12.4. The maximum atomic E-state index is 13.4. The first-order valence-electron chi connectivity index (χ1n) is 7.05. The molecule has 4 nitrogen and oxygen atoms in total. The molecule has 2 aromatic carbocycles. The van der Waals surface area contributed by atoms with Crippen molar-refractivity contribution in [3.8, 4) is 0 Å². The molecule has 0 spiro atoms. The quantitative estimate of drug-likeness (QED) is 0.808. The molecule has 1 unspecified atom stereocenters. The topological polar surface area (TPSA) is 61.5 Å². The first kappa shape index (κ1) is 16.7. The Morgan fingerprint density at radius 2 is 2.00 bits per heavy atom. The molecule has 3 rings (SSSR count). The van der Waals surface area contributed by atoms with Gasteiger partial charge in [0, 0.05) is 10.6 Å². The van der Waals surface area contributed by atoms with E-state index < -0.39 is 17.7 Å². The van der Waals surface area contributed by atoms with E-state index in [1.165, 1.54) is 12.1 Å². The Kier molecular flexibility index (Phi) is 4.97. The lowest BCUT2D eigenvalue weighted by Crippen LogP contribution is -2.11. The van der Waals surface area contributed by atoms with Crippen LogP contribution < -0.4 is 5.73 Å². The van der Waals surface area contributed by atoms with Crippen molar-refractivity contribution in [2.45, 2.75) is 11.9 Å². The summed E-state index contributed by atoms with van der Waals surface area (Å²) in [5, 5.41) is 0.223. The predicted octanol–water partition coefficient (Wildman–Crippen LogP) is 4.11. The Morgan fingerprint density at radius 1 is 1.25 bits per heavy atom. The average Bonchev–Trinajstić information content (AvgIpc) is 2.86. The van der Waals surface area contributed by atoms with Crippen molar-refractivity contribution in [1.29, 1.82) is 0 Å². The Bertz CT molecular complexity index is 798. The lowest BCUT2D eigenvalue weighted by atomic mass is 10.1. The molecule has 0 radical (unpaired) electrons. The van der Waals surface area contributed by atoms with E-state index in [9.17, 15) is 9.18 Å². The maximum absolute atomic E-state index is 13.4. The number of Topliss-reactive ketones (excluding diaryl/α,β-unsaturated/α-hetero) is 1. The number of carbonyl (C=O) groups excluding carboxylic acids is 1. The van der Waals surface area contributed by atoms with E-state index in [1.54, 1.807) is 0 Å². The lowest BCUT2D eigenvalue weighted by Gasteiger charge is -2.11. The third-order valence-corrected chi connectivity index (χ3v) is 4.46. The molecule has 1 aliphatic heterocycles. The Balaban J connectivity index is 1.68. The van der Waals surface area contributed by atoms with E-state index in [1.807, 2.05) is 30.3 Å². The van der Waals surface area contributed by atoms with Crippen LogP contribution in [0.3, 0.4) is 0 Å². The summed E-state index contributed by atoms with van der Waals surface area (Å²) in [5.41, 5.74) is 6.98. The molecule has 0 saturated carbocycles. The fourth-order valence-corrected chi connectivity index (χ4v) is 3.09. The molecule has 1 atom stereocenters. The van der Waals surface area contributed by atoms with Gasteiger partial charge in [0.1, 0.15) is 5.82 Å². The van der Waals surface area contributed by atoms with Crippen molar-refractivity contribution in [2.75, 3.05) is 0 Å². The van der Waals surface area contributed by atoms with Crippen LogP contribution in [0.2, 0.25) is 5.02 Å². The number of nitrogens with two attached hydrogens (primary N) is 1. The van der Waals surface area contributed by atoms with E-state index >= 15 is 0 Å². The highest BCUT2D eigenvalue weighted by Crippen LogP contribution is 2.37. The molecule has 0 aromatic heterocycles. The number of halogens is 2. The van der Waals surface area contributed by atoms with Crippen molar-refractivity contribution in [3.05, 3.63) is 82.1 Å². The zero-order valence-electron chi connectivity index (χ0n) is 12.4. The van der Waals surface area contributed by atoms with Crippen molar-refractivity contribution in [1.82, 2.24) is 0 Å². The van der Waals surface area contributed by atoms with Gasteiger partial charge in [-0.25, -0.2) is 4.39 Å². The molecule has 7 heteroatoms. The van der Waals surface area contributed by atoms with Gasteiger partial charge in [-0.05, 0) is 23.8 Å². The fraction of sp³-hybridized carbons (Fsp3) is 0.118. The van der Waals surface area contributed by atoms with Gasteiger partial charge in [-0.3, -0.25) is 4.79 Å². The predicted molar refractivity (Wildman–Crippen MR) is 90.3 cm³/mol. The summed E-state index contributed by atoms with van der Waals surface area (Å²) in [6, 6.07) is 13.3. The van der Waals surface area contributed by atoms with Gasteiger partial charge < -0.3 is 14.7 Å². The van der Waals surface area contributed by atoms with Crippen LogP contribution in [-0.2, 0) is 19.5 Å². The number of rotatable bonds is 5. The van der Waals surface area contributed by atoms with E-state index in [0.717, 1.165) is 23.7 Å². The standard InChI is InChI=1S/C17H13ClFNO3S/c18-13-7-6-11(19)8-12(13)15-14(21)16(17(20)22-15)23-24-9-10-4-2-1-3-5-10/h1-8,15H,9,20H2. The number of carbonyl (C=O) groups is 1. The summed E-state index contributed by atoms with van der Waals surface area (Å²) in [7, 11) is 0. The molecule has 1 aliphatic rings. The van der Waals surface area contributed by atoms with Crippen LogP contribution in [0.25, 0.3) is 0 Å². The Hall–Kier alpha value is -2.18. The van der Waals surface area contributed by atoms with E-state index in [2.05, 4.69) is 0 Å². The highest BCUT2D eigenvalue weighted by molar-refractivity contribution is 7.94. The maximum Gasteiger partial charge on any atom is 0.249 e. The average molecular weight is 366 g/mol. The fourth-order valence-electron chi connectivity index (χ4n) is 2.21. The van der Waals surface area contributed by atoms with Crippen molar-refractivity contribution in [2.24, 2.45) is 5.73 Å². The minimum absolute atomic E-state index is 0.0822. The van der Waals surface area contributed by atoms with Crippen LogP contribution in [0.5, 0.6) is 0 Å². The molecular formula is C17H13ClFNO3S. The van der Waals surface area contributed by atoms with Gasteiger partial charge in [-0.1, -0.05) is 41.9 Å². The molecule has 0 bridgehead atoms. The van der Waals surface area contributed by atoms with Crippen LogP contribution >= 0.6 is 23.6 Å². The highest BCUT2D eigenvalue weighted by Gasteiger charge is 2.38. The summed E-state index contributed by atoms with van der Waals surface area (Å²) in [6.45, 7) is 0.